The summed E-state index contributed by atoms with van der Waals surface area (Å²) < 4.78 is 0. The number of guanidine groups is 1. The molecule has 1 rings (SSSR count). The van der Waals surface area contributed by atoms with Crippen LogP contribution < -0.4 is 33.2 Å². The van der Waals surface area contributed by atoms with E-state index in [1.54, 1.807) is 24.3 Å². The van der Waals surface area contributed by atoms with Crippen molar-refractivity contribution in [2.24, 2.45) is 22.2 Å². The summed E-state index contributed by atoms with van der Waals surface area (Å²) in [5.41, 5.74) is 16.9. The maximum Gasteiger partial charge on any atom is 0.326 e. The molecule has 3 amide bonds. The molecule has 182 valence electrons. The second-order valence-corrected chi connectivity index (χ2v) is 7.53. The lowest BCUT2D eigenvalue weighted by Gasteiger charge is -2.21. The van der Waals surface area contributed by atoms with Gasteiger partial charge in [0, 0.05) is 18.7 Å². The van der Waals surface area contributed by atoms with E-state index < -0.39 is 48.4 Å². The first-order chi connectivity index (χ1) is 15.6. The zero-order valence-electron chi connectivity index (χ0n) is 18.1. The van der Waals surface area contributed by atoms with Crippen LogP contribution in [0.4, 0.5) is 0 Å². The normalized spacial score (nSPS) is 13.2. The van der Waals surface area contributed by atoms with Crippen molar-refractivity contribution in [3.05, 3.63) is 35.9 Å². The Morgan fingerprint density at radius 3 is 2.27 bits per heavy atom. The Morgan fingerprint density at radius 2 is 1.70 bits per heavy atom. The minimum Gasteiger partial charge on any atom is -0.480 e. The lowest BCUT2D eigenvalue weighted by molar-refractivity contribution is -0.142. The molecule has 3 unspecified atom stereocenters. The molecule has 12 nitrogen and oxygen atoms in total. The molecule has 3 atom stereocenters. The first kappa shape index (κ1) is 27.7. The quantitative estimate of drug-likeness (QED) is 0.0624. The number of rotatable bonds is 14. The molecule has 10 N–H and O–H groups in total. The van der Waals surface area contributed by atoms with E-state index >= 15 is 0 Å². The van der Waals surface area contributed by atoms with Crippen molar-refractivity contribution in [1.29, 1.82) is 0 Å². The molecule has 1 aromatic rings. The number of amides is 3. The second kappa shape index (κ2) is 14.7. The number of thiol groups is 1. The molecule has 0 saturated heterocycles. The van der Waals surface area contributed by atoms with Crippen molar-refractivity contribution in [1.82, 2.24) is 16.0 Å². The van der Waals surface area contributed by atoms with Crippen LogP contribution in [0, 0.1) is 0 Å². The smallest absolute Gasteiger partial charge is 0.326 e. The van der Waals surface area contributed by atoms with Gasteiger partial charge >= 0.3 is 5.97 Å². The molecule has 0 aromatic heterocycles. The van der Waals surface area contributed by atoms with Gasteiger partial charge in [0.15, 0.2) is 5.96 Å². The van der Waals surface area contributed by atoms with E-state index in [9.17, 15) is 24.3 Å². The number of carboxylic acids is 1. The third-order valence-electron chi connectivity index (χ3n) is 4.45. The Kier molecular flexibility index (Phi) is 12.3. The zero-order chi connectivity index (χ0) is 24.8. The van der Waals surface area contributed by atoms with Crippen molar-refractivity contribution in [2.45, 2.75) is 37.4 Å². The van der Waals surface area contributed by atoms with Crippen LogP contribution in [0.1, 0.15) is 18.4 Å². The number of nitrogens with one attached hydrogen (secondary N) is 3. The van der Waals surface area contributed by atoms with Gasteiger partial charge in [0.05, 0.1) is 12.6 Å². The van der Waals surface area contributed by atoms with Crippen LogP contribution in [0.2, 0.25) is 0 Å². The number of carbonyl (C=O) groups excluding carboxylic acids is 3. The average molecular weight is 482 g/mol. The fourth-order valence-electron chi connectivity index (χ4n) is 2.72. The molecule has 13 heteroatoms. The predicted octanol–water partition coefficient (Wildman–Crippen LogP) is -2.29. The number of nitrogens with zero attached hydrogens (tertiary/aromatic N) is 1. The van der Waals surface area contributed by atoms with Crippen LogP contribution in [0.25, 0.3) is 0 Å². The number of hydrogen-bond donors (Lipinski definition) is 8. The maximum absolute atomic E-state index is 12.7. The summed E-state index contributed by atoms with van der Waals surface area (Å²) in [5.74, 6) is -3.12. The van der Waals surface area contributed by atoms with Crippen LogP contribution in [0.3, 0.4) is 0 Å². The van der Waals surface area contributed by atoms with Gasteiger partial charge in [-0.15, -0.1) is 0 Å². The molecule has 0 spiro atoms. The highest BCUT2D eigenvalue weighted by molar-refractivity contribution is 7.80. The van der Waals surface area contributed by atoms with Crippen LogP contribution in [-0.4, -0.2) is 71.7 Å². The van der Waals surface area contributed by atoms with Gasteiger partial charge in [-0.25, -0.2) is 4.79 Å². The highest BCUT2D eigenvalue weighted by atomic mass is 32.1. The number of nitrogens with two attached hydrogens (primary N) is 3. The number of carbonyl (C=O) groups is 4. The van der Waals surface area contributed by atoms with Gasteiger partial charge in [0.2, 0.25) is 17.7 Å². The monoisotopic (exact) mass is 481 g/mol. The predicted molar refractivity (Wildman–Crippen MR) is 126 cm³/mol. The highest BCUT2D eigenvalue weighted by Crippen LogP contribution is 2.04. The van der Waals surface area contributed by atoms with Gasteiger partial charge in [-0.05, 0) is 18.4 Å². The molecule has 0 fully saturated rings. The molecule has 1 aromatic carbocycles. The van der Waals surface area contributed by atoms with E-state index in [2.05, 4.69) is 33.6 Å². The van der Waals surface area contributed by atoms with Crippen LogP contribution in [-0.2, 0) is 25.6 Å². The van der Waals surface area contributed by atoms with E-state index in [1.165, 1.54) is 0 Å². The molecule has 0 heterocycles. The van der Waals surface area contributed by atoms with Gasteiger partial charge in [0.25, 0.3) is 0 Å². The topological polar surface area (TPSA) is 215 Å². The standard InChI is InChI=1S/C20H31N7O5S/c21-13(11-33)17(29)27-15(9-12-5-2-1-3-6-12)18(30)25-10-16(28)26-14(19(31)32)7-4-8-24-20(22)23/h1-3,5-6,13-15,33H,4,7-11,21H2,(H,25,30)(H,26,28)(H,27,29)(H,31,32)(H4,22,23,24). The molecule has 0 aliphatic carbocycles. The first-order valence-electron chi connectivity index (χ1n) is 10.2. The van der Waals surface area contributed by atoms with Crippen molar-refractivity contribution in [3.63, 3.8) is 0 Å². The minimum absolute atomic E-state index is 0.0909. The SMILES string of the molecule is NC(N)=NCCCC(NC(=O)CNC(=O)C(Cc1ccccc1)NC(=O)C(N)CS)C(=O)O. The Morgan fingerprint density at radius 1 is 1.03 bits per heavy atom. The summed E-state index contributed by atoms with van der Waals surface area (Å²) in [5, 5.41) is 16.6. The van der Waals surface area contributed by atoms with Crippen LogP contribution in [0.15, 0.2) is 35.3 Å². The van der Waals surface area contributed by atoms with Crippen molar-refractivity contribution >= 4 is 42.3 Å². The molecule has 0 aliphatic heterocycles. The number of benzene rings is 1. The molecular formula is C20H31N7O5S. The second-order valence-electron chi connectivity index (χ2n) is 7.16. The largest absolute Gasteiger partial charge is 0.480 e. The van der Waals surface area contributed by atoms with Crippen LogP contribution >= 0.6 is 12.6 Å². The number of carboxylic acid groups (broad SMARTS) is 1. The molecule has 0 radical (unpaired) electrons. The Bertz CT molecular complexity index is 833. The molecule has 0 saturated carbocycles. The lowest BCUT2D eigenvalue weighted by atomic mass is 10.0. The van der Waals surface area contributed by atoms with Crippen molar-refractivity contribution < 1.29 is 24.3 Å². The average Bonchev–Trinajstić information content (AvgIpc) is 2.78. The van der Waals surface area contributed by atoms with Gasteiger partial charge in [-0.3, -0.25) is 19.4 Å². The molecular weight excluding hydrogens is 450 g/mol. The van der Waals surface area contributed by atoms with Crippen molar-refractivity contribution in [2.75, 3.05) is 18.8 Å². The van der Waals surface area contributed by atoms with Gasteiger partial charge in [-0.2, -0.15) is 12.6 Å². The molecule has 0 bridgehead atoms. The number of aliphatic imine (C=N–C) groups is 1. The third-order valence-corrected chi connectivity index (χ3v) is 4.84. The van der Waals surface area contributed by atoms with E-state index in [0.717, 1.165) is 5.56 Å². The Labute approximate surface area is 197 Å². The summed E-state index contributed by atoms with van der Waals surface area (Å²) in [6, 6.07) is 5.91. The third kappa shape index (κ3) is 11.2. The zero-order valence-corrected chi connectivity index (χ0v) is 19.0. The van der Waals surface area contributed by atoms with Gasteiger partial charge in [-0.1, -0.05) is 30.3 Å². The highest BCUT2D eigenvalue weighted by Gasteiger charge is 2.25. The minimum atomic E-state index is -1.23. The molecule has 33 heavy (non-hydrogen) atoms. The van der Waals surface area contributed by atoms with Crippen molar-refractivity contribution in [3.8, 4) is 0 Å². The van der Waals surface area contributed by atoms with Crippen LogP contribution in [0.5, 0.6) is 0 Å². The summed E-state index contributed by atoms with van der Waals surface area (Å²) in [6.07, 6.45) is 0.597. The van der Waals surface area contributed by atoms with E-state index in [-0.39, 0.29) is 31.1 Å². The fourth-order valence-corrected chi connectivity index (χ4v) is 2.88. The molecule has 0 aliphatic rings. The van der Waals surface area contributed by atoms with E-state index in [0.29, 0.717) is 6.42 Å². The Hall–Kier alpha value is -3.32. The number of aliphatic carboxylic acids is 1. The number of hydrogen-bond acceptors (Lipinski definition) is 7. The lowest BCUT2D eigenvalue weighted by Crippen LogP contribution is -2.54. The van der Waals surface area contributed by atoms with E-state index in [4.69, 9.17) is 17.2 Å². The van der Waals surface area contributed by atoms with E-state index in [1.807, 2.05) is 6.07 Å². The van der Waals surface area contributed by atoms with Gasteiger partial charge in [0.1, 0.15) is 12.1 Å². The summed E-state index contributed by atoms with van der Waals surface area (Å²) in [4.78, 5) is 52.2. The fraction of sp³-hybridized carbons (Fsp3) is 0.450. The Balaban J connectivity index is 2.69. The summed E-state index contributed by atoms with van der Waals surface area (Å²) in [6.45, 7) is -0.260. The summed E-state index contributed by atoms with van der Waals surface area (Å²) >= 11 is 3.98. The first-order valence-corrected chi connectivity index (χ1v) is 10.8. The van der Waals surface area contributed by atoms with Gasteiger partial charge < -0.3 is 38.3 Å². The maximum atomic E-state index is 12.7. The summed E-state index contributed by atoms with van der Waals surface area (Å²) in [7, 11) is 0.